The molecule has 0 spiro atoms. The van der Waals surface area contributed by atoms with Gasteiger partial charge in [-0.05, 0) is 12.8 Å². The molecule has 1 atom stereocenters. The van der Waals surface area contributed by atoms with Crippen molar-refractivity contribution in [3.05, 3.63) is 0 Å². The molecule has 13 heavy (non-hydrogen) atoms. The van der Waals surface area contributed by atoms with E-state index in [0.717, 1.165) is 6.29 Å². The zero-order chi connectivity index (χ0) is 9.95. The van der Waals surface area contributed by atoms with E-state index in [1.54, 1.807) is 0 Å². The molecule has 1 aliphatic heterocycles. The quantitative estimate of drug-likeness (QED) is 0.609. The monoisotopic (exact) mass is 206 g/mol. The van der Waals surface area contributed by atoms with E-state index in [4.69, 9.17) is 4.74 Å². The first-order chi connectivity index (χ1) is 5.97. The van der Waals surface area contributed by atoms with E-state index in [1.807, 2.05) is 0 Å². The highest BCUT2D eigenvalue weighted by Crippen LogP contribution is 2.30. The Bertz CT molecular complexity index is 275. The van der Waals surface area contributed by atoms with Gasteiger partial charge in [0.05, 0.1) is 17.8 Å². The topological polar surface area (TPSA) is 60.4 Å². The van der Waals surface area contributed by atoms with Crippen LogP contribution in [0.3, 0.4) is 0 Å². The molecule has 76 valence electrons. The molecular weight excluding hydrogens is 192 g/mol. The Labute approximate surface area is 78.2 Å². The van der Waals surface area contributed by atoms with Gasteiger partial charge in [-0.2, -0.15) is 0 Å². The zero-order valence-electron chi connectivity index (χ0n) is 7.65. The van der Waals surface area contributed by atoms with Crippen LogP contribution in [0.4, 0.5) is 0 Å². The van der Waals surface area contributed by atoms with E-state index < -0.39 is 15.3 Å². The number of carbonyl (C=O) groups is 1. The van der Waals surface area contributed by atoms with Crippen LogP contribution in [0.2, 0.25) is 0 Å². The molecule has 0 aromatic rings. The fourth-order valence-corrected chi connectivity index (χ4v) is 2.14. The molecule has 5 heteroatoms. The minimum absolute atomic E-state index is 0.0646. The van der Waals surface area contributed by atoms with Crippen molar-refractivity contribution in [2.24, 2.45) is 5.41 Å². The number of aldehydes is 1. The average molecular weight is 206 g/mol. The van der Waals surface area contributed by atoms with Crippen LogP contribution in [0.1, 0.15) is 12.8 Å². The number of sulfone groups is 1. The van der Waals surface area contributed by atoms with Crippen molar-refractivity contribution in [3.63, 3.8) is 0 Å². The average Bonchev–Trinajstić information content (AvgIpc) is 2.49. The molecule has 1 aliphatic rings. The van der Waals surface area contributed by atoms with E-state index in [9.17, 15) is 13.2 Å². The first-order valence-electron chi connectivity index (χ1n) is 4.19. The first kappa shape index (κ1) is 10.7. The van der Waals surface area contributed by atoms with Crippen LogP contribution in [0.25, 0.3) is 0 Å². The number of hydrogen-bond donors (Lipinski definition) is 0. The number of hydrogen-bond acceptors (Lipinski definition) is 4. The molecule has 1 saturated heterocycles. The lowest BCUT2D eigenvalue weighted by molar-refractivity contribution is -0.116. The Morgan fingerprint density at radius 1 is 1.54 bits per heavy atom. The standard InChI is InChI=1S/C8H14O4S/c1-13(10,11)5-3-8(6-9)2-4-12-7-8/h6H,2-5,7H2,1H3. The van der Waals surface area contributed by atoms with Crippen LogP contribution >= 0.6 is 0 Å². The molecule has 0 N–H and O–H groups in total. The van der Waals surface area contributed by atoms with Gasteiger partial charge in [0.25, 0.3) is 0 Å². The molecule has 0 aromatic carbocycles. The molecule has 1 heterocycles. The largest absolute Gasteiger partial charge is 0.380 e. The Kier molecular flexibility index (Phi) is 3.08. The molecule has 1 rings (SSSR count). The third-order valence-electron chi connectivity index (χ3n) is 2.35. The third kappa shape index (κ3) is 3.08. The van der Waals surface area contributed by atoms with Gasteiger partial charge in [0.2, 0.25) is 0 Å². The zero-order valence-corrected chi connectivity index (χ0v) is 8.47. The maximum Gasteiger partial charge on any atom is 0.147 e. The Balaban J connectivity index is 2.54. The van der Waals surface area contributed by atoms with Gasteiger partial charge in [-0.15, -0.1) is 0 Å². The maximum atomic E-state index is 10.9. The fourth-order valence-electron chi connectivity index (χ4n) is 1.36. The van der Waals surface area contributed by atoms with Gasteiger partial charge in [0, 0.05) is 12.9 Å². The van der Waals surface area contributed by atoms with Gasteiger partial charge >= 0.3 is 0 Å². The van der Waals surface area contributed by atoms with E-state index >= 15 is 0 Å². The van der Waals surface area contributed by atoms with Gasteiger partial charge < -0.3 is 9.53 Å². The highest BCUT2D eigenvalue weighted by atomic mass is 32.2. The normalized spacial score (nSPS) is 29.0. The lowest BCUT2D eigenvalue weighted by Crippen LogP contribution is -2.26. The van der Waals surface area contributed by atoms with Crippen molar-refractivity contribution in [2.75, 3.05) is 25.2 Å². The summed E-state index contributed by atoms with van der Waals surface area (Å²) in [6.07, 6.45) is 3.05. The first-order valence-corrected chi connectivity index (χ1v) is 6.25. The molecule has 1 fully saturated rings. The Morgan fingerprint density at radius 2 is 2.23 bits per heavy atom. The summed E-state index contributed by atoms with van der Waals surface area (Å²) in [5, 5.41) is 0. The second kappa shape index (κ2) is 3.75. The summed E-state index contributed by atoms with van der Waals surface area (Å²) >= 11 is 0. The Morgan fingerprint density at radius 3 is 2.62 bits per heavy atom. The van der Waals surface area contributed by atoms with Crippen molar-refractivity contribution in [1.29, 1.82) is 0 Å². The van der Waals surface area contributed by atoms with Gasteiger partial charge in [-0.3, -0.25) is 0 Å². The maximum absolute atomic E-state index is 10.9. The van der Waals surface area contributed by atoms with Gasteiger partial charge in [-0.1, -0.05) is 0 Å². The second-order valence-corrected chi connectivity index (χ2v) is 5.92. The molecule has 0 bridgehead atoms. The molecule has 0 radical (unpaired) electrons. The van der Waals surface area contributed by atoms with Crippen molar-refractivity contribution >= 4 is 16.1 Å². The highest BCUT2D eigenvalue weighted by Gasteiger charge is 2.35. The summed E-state index contributed by atoms with van der Waals surface area (Å²) in [5.41, 5.74) is -0.539. The summed E-state index contributed by atoms with van der Waals surface area (Å²) < 4.78 is 26.9. The minimum atomic E-state index is -2.97. The third-order valence-corrected chi connectivity index (χ3v) is 3.30. The van der Waals surface area contributed by atoms with Crippen LogP contribution in [-0.2, 0) is 19.4 Å². The smallest absolute Gasteiger partial charge is 0.147 e. The molecule has 4 nitrogen and oxygen atoms in total. The summed E-state index contributed by atoms with van der Waals surface area (Å²) in [6, 6.07) is 0. The van der Waals surface area contributed by atoms with Crippen LogP contribution in [-0.4, -0.2) is 39.9 Å². The summed E-state index contributed by atoms with van der Waals surface area (Å²) in [5.74, 6) is 0.0646. The lowest BCUT2D eigenvalue weighted by Gasteiger charge is -2.18. The van der Waals surface area contributed by atoms with E-state index in [-0.39, 0.29) is 5.75 Å². The molecule has 0 saturated carbocycles. The number of rotatable bonds is 4. The SMILES string of the molecule is CS(=O)(=O)CCC1(C=O)CCOC1. The van der Waals surface area contributed by atoms with Crippen molar-refractivity contribution in [2.45, 2.75) is 12.8 Å². The highest BCUT2D eigenvalue weighted by molar-refractivity contribution is 7.90. The summed E-state index contributed by atoms with van der Waals surface area (Å²) in [4.78, 5) is 10.8. The minimum Gasteiger partial charge on any atom is -0.380 e. The fraction of sp³-hybridized carbons (Fsp3) is 0.875. The van der Waals surface area contributed by atoms with Crippen LogP contribution in [0.5, 0.6) is 0 Å². The molecule has 0 amide bonds. The molecule has 0 aromatic heterocycles. The van der Waals surface area contributed by atoms with E-state index in [2.05, 4.69) is 0 Å². The number of ether oxygens (including phenoxy) is 1. The van der Waals surface area contributed by atoms with Gasteiger partial charge in [0.15, 0.2) is 0 Å². The van der Waals surface area contributed by atoms with E-state index in [0.29, 0.717) is 26.1 Å². The lowest BCUT2D eigenvalue weighted by atomic mass is 9.86. The van der Waals surface area contributed by atoms with Crippen molar-refractivity contribution in [1.82, 2.24) is 0 Å². The van der Waals surface area contributed by atoms with Crippen LogP contribution in [0, 0.1) is 5.41 Å². The molecule has 1 unspecified atom stereocenters. The summed E-state index contributed by atoms with van der Waals surface area (Å²) in [6.45, 7) is 0.925. The Hall–Kier alpha value is -0.420. The molecule has 0 aliphatic carbocycles. The second-order valence-electron chi connectivity index (χ2n) is 3.66. The van der Waals surface area contributed by atoms with Crippen LogP contribution < -0.4 is 0 Å². The predicted octanol–water partition coefficient (Wildman–Crippen LogP) is 0.0267. The molecular formula is C8H14O4S. The van der Waals surface area contributed by atoms with Gasteiger partial charge in [-0.25, -0.2) is 8.42 Å². The van der Waals surface area contributed by atoms with Crippen LogP contribution in [0.15, 0.2) is 0 Å². The van der Waals surface area contributed by atoms with Crippen molar-refractivity contribution in [3.8, 4) is 0 Å². The van der Waals surface area contributed by atoms with Crippen molar-refractivity contribution < 1.29 is 17.9 Å². The van der Waals surface area contributed by atoms with Gasteiger partial charge in [0.1, 0.15) is 16.1 Å². The number of carbonyl (C=O) groups excluding carboxylic acids is 1. The summed E-state index contributed by atoms with van der Waals surface area (Å²) in [7, 11) is -2.97. The predicted molar refractivity (Wildman–Crippen MR) is 48.3 cm³/mol. The van der Waals surface area contributed by atoms with E-state index in [1.165, 1.54) is 6.26 Å².